The van der Waals surface area contributed by atoms with E-state index in [0.717, 1.165) is 31.9 Å². The minimum atomic E-state index is 0.107. The molecule has 0 spiro atoms. The molecule has 0 N–H and O–H groups in total. The maximum Gasteiger partial charge on any atom is 0.112 e. The van der Waals surface area contributed by atoms with E-state index in [9.17, 15) is 0 Å². The zero-order valence-electron chi connectivity index (χ0n) is 11.1. The molecule has 0 bridgehead atoms. The Kier molecular flexibility index (Phi) is 3.92. The summed E-state index contributed by atoms with van der Waals surface area (Å²) in [4.78, 5) is 9.66. The van der Waals surface area contributed by atoms with Gasteiger partial charge in [-0.05, 0) is 31.2 Å². The van der Waals surface area contributed by atoms with Gasteiger partial charge in [0.1, 0.15) is 6.10 Å². The Labute approximate surface area is 117 Å². The second kappa shape index (κ2) is 5.82. The van der Waals surface area contributed by atoms with E-state index in [1.807, 2.05) is 35.7 Å². The minimum Gasteiger partial charge on any atom is -0.369 e. The number of rotatable bonds is 3. The molecule has 0 saturated carbocycles. The van der Waals surface area contributed by atoms with Gasteiger partial charge < -0.3 is 4.74 Å². The molecule has 1 aliphatic heterocycles. The zero-order valence-corrected chi connectivity index (χ0v) is 11.9. The lowest BCUT2D eigenvalue weighted by molar-refractivity contribution is -0.0346. The standard InChI is InChI=1S/C15H18N2OS/c1-12-5-6-13(19-12)10-17-8-9-18-15(11-17)14-4-2-3-7-16-14/h2-7,15H,8-11H2,1H3/t15-/m1/s1. The van der Waals surface area contributed by atoms with Crippen LogP contribution in [0.4, 0.5) is 0 Å². The van der Waals surface area contributed by atoms with Gasteiger partial charge in [-0.25, -0.2) is 0 Å². The molecule has 1 saturated heterocycles. The van der Waals surface area contributed by atoms with Crippen LogP contribution in [0.5, 0.6) is 0 Å². The van der Waals surface area contributed by atoms with E-state index in [2.05, 4.69) is 28.9 Å². The molecule has 0 unspecified atom stereocenters. The Morgan fingerprint density at radius 3 is 3.05 bits per heavy atom. The first-order chi connectivity index (χ1) is 9.31. The van der Waals surface area contributed by atoms with Gasteiger partial charge in [0, 0.05) is 35.6 Å². The molecule has 2 aromatic rings. The van der Waals surface area contributed by atoms with E-state index in [-0.39, 0.29) is 6.10 Å². The highest BCUT2D eigenvalue weighted by Crippen LogP contribution is 2.23. The quantitative estimate of drug-likeness (QED) is 0.860. The predicted octanol–water partition coefficient (Wildman–Crippen LogP) is 3.03. The Bertz CT molecular complexity index is 526. The first-order valence-corrected chi connectivity index (χ1v) is 7.43. The lowest BCUT2D eigenvalue weighted by atomic mass is 10.2. The molecular weight excluding hydrogens is 256 g/mol. The topological polar surface area (TPSA) is 25.4 Å². The van der Waals surface area contributed by atoms with Crippen LogP contribution in [-0.4, -0.2) is 29.6 Å². The van der Waals surface area contributed by atoms with E-state index in [1.54, 1.807) is 0 Å². The third-order valence-electron chi connectivity index (χ3n) is 3.34. The summed E-state index contributed by atoms with van der Waals surface area (Å²) in [6.07, 6.45) is 1.94. The zero-order chi connectivity index (χ0) is 13.1. The summed E-state index contributed by atoms with van der Waals surface area (Å²) in [5, 5.41) is 0. The highest BCUT2D eigenvalue weighted by molar-refractivity contribution is 7.11. The second-order valence-corrected chi connectivity index (χ2v) is 6.23. The van der Waals surface area contributed by atoms with E-state index < -0.39 is 0 Å². The summed E-state index contributed by atoms with van der Waals surface area (Å²) < 4.78 is 5.84. The molecule has 0 radical (unpaired) electrons. The van der Waals surface area contributed by atoms with E-state index >= 15 is 0 Å². The normalized spacial score (nSPS) is 20.6. The van der Waals surface area contributed by atoms with Crippen molar-refractivity contribution < 1.29 is 4.74 Å². The van der Waals surface area contributed by atoms with E-state index in [4.69, 9.17) is 4.74 Å². The van der Waals surface area contributed by atoms with Crippen LogP contribution in [-0.2, 0) is 11.3 Å². The van der Waals surface area contributed by atoms with Gasteiger partial charge in [-0.3, -0.25) is 9.88 Å². The summed E-state index contributed by atoms with van der Waals surface area (Å²) in [6.45, 7) is 5.88. The highest BCUT2D eigenvalue weighted by Gasteiger charge is 2.22. The molecular formula is C15H18N2OS. The molecule has 1 fully saturated rings. The average Bonchev–Trinajstić information content (AvgIpc) is 2.85. The van der Waals surface area contributed by atoms with Gasteiger partial charge in [0.15, 0.2) is 0 Å². The summed E-state index contributed by atoms with van der Waals surface area (Å²) in [5.74, 6) is 0. The van der Waals surface area contributed by atoms with Crippen molar-refractivity contribution in [2.75, 3.05) is 19.7 Å². The van der Waals surface area contributed by atoms with E-state index in [0.29, 0.717) is 0 Å². The predicted molar refractivity (Wildman–Crippen MR) is 77.3 cm³/mol. The maximum absolute atomic E-state index is 5.84. The lowest BCUT2D eigenvalue weighted by Crippen LogP contribution is -2.37. The maximum atomic E-state index is 5.84. The first-order valence-electron chi connectivity index (χ1n) is 6.61. The van der Waals surface area contributed by atoms with Crippen LogP contribution in [0, 0.1) is 6.92 Å². The van der Waals surface area contributed by atoms with Gasteiger partial charge in [-0.1, -0.05) is 6.07 Å². The third-order valence-corrected chi connectivity index (χ3v) is 4.33. The number of nitrogens with zero attached hydrogens (tertiary/aromatic N) is 2. The molecule has 0 amide bonds. The largest absolute Gasteiger partial charge is 0.369 e. The summed E-state index contributed by atoms with van der Waals surface area (Å²) in [6, 6.07) is 10.4. The summed E-state index contributed by atoms with van der Waals surface area (Å²) in [5.41, 5.74) is 1.04. The van der Waals surface area contributed by atoms with Crippen LogP contribution in [0.1, 0.15) is 21.6 Å². The third kappa shape index (κ3) is 3.21. The number of aromatic nitrogens is 1. The van der Waals surface area contributed by atoms with Crippen LogP contribution >= 0.6 is 11.3 Å². The van der Waals surface area contributed by atoms with Crippen molar-refractivity contribution in [2.24, 2.45) is 0 Å². The molecule has 1 aliphatic rings. The van der Waals surface area contributed by atoms with Crippen LogP contribution < -0.4 is 0 Å². The van der Waals surface area contributed by atoms with Crippen molar-refractivity contribution in [3.8, 4) is 0 Å². The Balaban J connectivity index is 1.65. The minimum absolute atomic E-state index is 0.107. The molecule has 4 heteroatoms. The van der Waals surface area contributed by atoms with Gasteiger partial charge in [0.2, 0.25) is 0 Å². The van der Waals surface area contributed by atoms with Crippen LogP contribution in [0.3, 0.4) is 0 Å². The molecule has 3 rings (SSSR count). The number of aryl methyl sites for hydroxylation is 1. The van der Waals surface area contributed by atoms with Crippen LogP contribution in [0.2, 0.25) is 0 Å². The van der Waals surface area contributed by atoms with E-state index in [1.165, 1.54) is 9.75 Å². The van der Waals surface area contributed by atoms with Gasteiger partial charge in [-0.15, -0.1) is 11.3 Å². The second-order valence-electron chi connectivity index (χ2n) is 4.86. The highest BCUT2D eigenvalue weighted by atomic mass is 32.1. The number of pyridine rings is 1. The Morgan fingerprint density at radius 2 is 2.32 bits per heavy atom. The number of ether oxygens (including phenoxy) is 1. The molecule has 2 aromatic heterocycles. The molecule has 1 atom stereocenters. The lowest BCUT2D eigenvalue weighted by Gasteiger charge is -2.32. The Morgan fingerprint density at radius 1 is 1.37 bits per heavy atom. The average molecular weight is 274 g/mol. The molecule has 100 valence electrons. The van der Waals surface area contributed by atoms with Gasteiger partial charge in [0.25, 0.3) is 0 Å². The smallest absolute Gasteiger partial charge is 0.112 e. The monoisotopic (exact) mass is 274 g/mol. The number of thiophene rings is 1. The number of hydrogen-bond acceptors (Lipinski definition) is 4. The van der Waals surface area contributed by atoms with Gasteiger partial charge in [0.05, 0.1) is 12.3 Å². The van der Waals surface area contributed by atoms with Gasteiger partial charge >= 0.3 is 0 Å². The van der Waals surface area contributed by atoms with Crippen molar-refractivity contribution in [1.82, 2.24) is 9.88 Å². The molecule has 3 nitrogen and oxygen atoms in total. The van der Waals surface area contributed by atoms with Crippen molar-refractivity contribution >= 4 is 11.3 Å². The molecule has 3 heterocycles. The summed E-state index contributed by atoms with van der Waals surface area (Å²) in [7, 11) is 0. The summed E-state index contributed by atoms with van der Waals surface area (Å²) >= 11 is 1.88. The van der Waals surface area contributed by atoms with Crippen molar-refractivity contribution in [3.05, 3.63) is 52.0 Å². The first kappa shape index (κ1) is 12.8. The number of hydrogen-bond donors (Lipinski definition) is 0. The fourth-order valence-corrected chi connectivity index (χ4v) is 3.31. The van der Waals surface area contributed by atoms with Crippen molar-refractivity contribution in [1.29, 1.82) is 0 Å². The number of morpholine rings is 1. The van der Waals surface area contributed by atoms with Crippen LogP contribution in [0.25, 0.3) is 0 Å². The molecule has 0 aliphatic carbocycles. The fraction of sp³-hybridized carbons (Fsp3) is 0.400. The van der Waals surface area contributed by atoms with Crippen LogP contribution in [0.15, 0.2) is 36.5 Å². The fourth-order valence-electron chi connectivity index (χ4n) is 2.38. The SMILES string of the molecule is Cc1ccc(CN2CCO[C@@H](c3ccccn3)C2)s1. The Hall–Kier alpha value is -1.23. The molecule has 19 heavy (non-hydrogen) atoms. The van der Waals surface area contributed by atoms with Crippen molar-refractivity contribution in [3.63, 3.8) is 0 Å². The molecule has 0 aromatic carbocycles. The van der Waals surface area contributed by atoms with Gasteiger partial charge in [-0.2, -0.15) is 0 Å². The van der Waals surface area contributed by atoms with Crippen molar-refractivity contribution in [2.45, 2.75) is 19.6 Å².